The molecule has 2 aromatic rings. The van der Waals surface area contributed by atoms with Crippen molar-refractivity contribution in [3.63, 3.8) is 0 Å². The summed E-state index contributed by atoms with van der Waals surface area (Å²) in [7, 11) is 2.07. The molecule has 0 aliphatic heterocycles. The topological polar surface area (TPSA) is 24.9 Å². The van der Waals surface area contributed by atoms with Crippen LogP contribution in [0.1, 0.15) is 52.7 Å². The van der Waals surface area contributed by atoms with E-state index in [-0.39, 0.29) is 0 Å². The Morgan fingerprint density at radius 3 is 2.86 bits per heavy atom. The monoisotopic (exact) mass is 280 g/mol. The molecule has 0 spiro atoms. The molecule has 2 heteroatoms. The summed E-state index contributed by atoms with van der Waals surface area (Å²) in [6, 6.07) is 11.4. The van der Waals surface area contributed by atoms with Gasteiger partial charge in [0.15, 0.2) is 0 Å². The maximum Gasteiger partial charge on any atom is 0.0485 e. The Labute approximate surface area is 127 Å². The predicted octanol–water partition coefficient (Wildman–Crippen LogP) is 4.08. The highest BCUT2D eigenvalue weighted by Crippen LogP contribution is 2.39. The van der Waals surface area contributed by atoms with Gasteiger partial charge in [0.25, 0.3) is 0 Å². The molecule has 0 saturated carbocycles. The third kappa shape index (κ3) is 2.73. The Kier molecular flexibility index (Phi) is 4.07. The molecule has 2 atom stereocenters. The lowest BCUT2D eigenvalue weighted by Crippen LogP contribution is -2.28. The van der Waals surface area contributed by atoms with Gasteiger partial charge in [0.2, 0.25) is 0 Å². The van der Waals surface area contributed by atoms with E-state index in [2.05, 4.69) is 56.5 Å². The molecule has 1 aliphatic carbocycles. The maximum absolute atomic E-state index is 4.70. The van der Waals surface area contributed by atoms with Gasteiger partial charge in [-0.1, -0.05) is 29.8 Å². The number of nitrogens with one attached hydrogen (secondary N) is 1. The molecule has 0 amide bonds. The van der Waals surface area contributed by atoms with E-state index in [1.807, 2.05) is 6.20 Å². The van der Waals surface area contributed by atoms with Crippen LogP contribution in [0.5, 0.6) is 0 Å². The van der Waals surface area contributed by atoms with Gasteiger partial charge in [0.1, 0.15) is 0 Å². The number of aromatic nitrogens is 1. The van der Waals surface area contributed by atoms with Crippen LogP contribution in [-0.4, -0.2) is 12.0 Å². The first kappa shape index (κ1) is 14.3. The van der Waals surface area contributed by atoms with Gasteiger partial charge in [-0.05, 0) is 62.9 Å². The summed E-state index contributed by atoms with van der Waals surface area (Å²) in [5.74, 6) is 0.473. The Morgan fingerprint density at radius 2 is 2.10 bits per heavy atom. The summed E-state index contributed by atoms with van der Waals surface area (Å²) in [6.07, 6.45) is 5.57. The third-order valence-corrected chi connectivity index (χ3v) is 4.71. The minimum atomic E-state index is 0.347. The predicted molar refractivity (Wildman–Crippen MR) is 87.6 cm³/mol. The minimum absolute atomic E-state index is 0.347. The summed E-state index contributed by atoms with van der Waals surface area (Å²) >= 11 is 0. The van der Waals surface area contributed by atoms with Crippen molar-refractivity contribution in [3.05, 3.63) is 64.5 Å². The molecule has 0 saturated heterocycles. The highest BCUT2D eigenvalue weighted by molar-refractivity contribution is 5.37. The van der Waals surface area contributed by atoms with Crippen LogP contribution in [0.3, 0.4) is 0 Å². The average Bonchev–Trinajstić information content (AvgIpc) is 2.50. The second-order valence-electron chi connectivity index (χ2n) is 6.17. The van der Waals surface area contributed by atoms with Crippen molar-refractivity contribution in [1.82, 2.24) is 10.3 Å². The number of likely N-dealkylation sites (N-methyl/N-ethyl adjacent to an activating group) is 1. The smallest absolute Gasteiger partial charge is 0.0485 e. The van der Waals surface area contributed by atoms with E-state index >= 15 is 0 Å². The standard InChI is InChI=1S/C19H24N2/c1-13-9-10-16(14(2)12-13)19(20-3)17-8-4-6-15-7-5-11-21-18(15)17/h5,7,9-12,17,19-20H,4,6,8H2,1-3H3. The van der Waals surface area contributed by atoms with E-state index in [1.54, 1.807) is 0 Å². The number of nitrogens with zero attached hydrogens (tertiary/aromatic N) is 1. The Hall–Kier alpha value is -1.67. The lowest BCUT2D eigenvalue weighted by molar-refractivity contribution is 0.414. The summed E-state index contributed by atoms with van der Waals surface area (Å²) in [5.41, 5.74) is 6.83. The van der Waals surface area contributed by atoms with E-state index < -0.39 is 0 Å². The van der Waals surface area contributed by atoms with Crippen LogP contribution < -0.4 is 5.32 Å². The average molecular weight is 280 g/mol. The largest absolute Gasteiger partial charge is 0.312 e. The zero-order chi connectivity index (χ0) is 14.8. The molecule has 110 valence electrons. The molecule has 1 aliphatic rings. The molecule has 0 radical (unpaired) electrons. The molecule has 1 aromatic heterocycles. The molecule has 0 fully saturated rings. The third-order valence-electron chi connectivity index (χ3n) is 4.71. The molecule has 2 nitrogen and oxygen atoms in total. The highest BCUT2D eigenvalue weighted by atomic mass is 14.9. The molecule has 2 unspecified atom stereocenters. The van der Waals surface area contributed by atoms with Crippen molar-refractivity contribution in [2.24, 2.45) is 0 Å². The van der Waals surface area contributed by atoms with Crippen molar-refractivity contribution in [3.8, 4) is 0 Å². The number of aryl methyl sites for hydroxylation is 3. The zero-order valence-electron chi connectivity index (χ0n) is 13.2. The van der Waals surface area contributed by atoms with Gasteiger partial charge in [-0.2, -0.15) is 0 Å². The van der Waals surface area contributed by atoms with Crippen LogP contribution in [0.15, 0.2) is 36.5 Å². The summed E-state index contributed by atoms with van der Waals surface area (Å²) in [6.45, 7) is 4.37. The van der Waals surface area contributed by atoms with E-state index in [0.717, 1.165) is 0 Å². The van der Waals surface area contributed by atoms with Gasteiger partial charge in [-0.3, -0.25) is 4.98 Å². The fourth-order valence-corrected chi connectivity index (χ4v) is 3.72. The molecular weight excluding hydrogens is 256 g/mol. The van der Waals surface area contributed by atoms with Crippen molar-refractivity contribution < 1.29 is 0 Å². The molecule has 3 rings (SSSR count). The van der Waals surface area contributed by atoms with Gasteiger partial charge in [0, 0.05) is 23.9 Å². The Bertz CT molecular complexity index is 633. The van der Waals surface area contributed by atoms with Gasteiger partial charge in [-0.15, -0.1) is 0 Å². The molecular formula is C19H24N2. The van der Waals surface area contributed by atoms with Crippen LogP contribution in [-0.2, 0) is 6.42 Å². The summed E-state index contributed by atoms with van der Waals surface area (Å²) < 4.78 is 0. The van der Waals surface area contributed by atoms with Gasteiger partial charge >= 0.3 is 0 Å². The first-order valence-corrected chi connectivity index (χ1v) is 7.89. The van der Waals surface area contributed by atoms with Crippen molar-refractivity contribution >= 4 is 0 Å². The van der Waals surface area contributed by atoms with E-state index in [1.165, 1.54) is 47.2 Å². The van der Waals surface area contributed by atoms with Crippen LogP contribution in [0.2, 0.25) is 0 Å². The Balaban J connectivity index is 2.01. The van der Waals surface area contributed by atoms with Gasteiger partial charge in [-0.25, -0.2) is 0 Å². The molecule has 1 aromatic carbocycles. The SMILES string of the molecule is CNC(c1ccc(C)cc1C)C1CCCc2cccnc21. The van der Waals surface area contributed by atoms with Crippen LogP contribution in [0, 0.1) is 13.8 Å². The maximum atomic E-state index is 4.70. The Morgan fingerprint density at radius 1 is 1.24 bits per heavy atom. The van der Waals surface area contributed by atoms with E-state index in [4.69, 9.17) is 4.98 Å². The van der Waals surface area contributed by atoms with Crippen molar-refractivity contribution in [1.29, 1.82) is 0 Å². The van der Waals surface area contributed by atoms with Gasteiger partial charge in [0.05, 0.1) is 0 Å². The second-order valence-corrected chi connectivity index (χ2v) is 6.17. The van der Waals surface area contributed by atoms with E-state index in [9.17, 15) is 0 Å². The van der Waals surface area contributed by atoms with Crippen LogP contribution in [0.4, 0.5) is 0 Å². The lowest BCUT2D eigenvalue weighted by atomic mass is 9.78. The van der Waals surface area contributed by atoms with Crippen LogP contribution >= 0.6 is 0 Å². The number of fused-ring (bicyclic) bond motifs is 1. The number of rotatable bonds is 3. The molecule has 1 heterocycles. The first-order chi connectivity index (χ1) is 10.2. The lowest BCUT2D eigenvalue weighted by Gasteiger charge is -2.32. The molecule has 1 N–H and O–H groups in total. The molecule has 21 heavy (non-hydrogen) atoms. The zero-order valence-corrected chi connectivity index (χ0v) is 13.2. The van der Waals surface area contributed by atoms with E-state index in [0.29, 0.717) is 12.0 Å². The van der Waals surface area contributed by atoms with Crippen molar-refractivity contribution in [2.45, 2.75) is 45.1 Å². The van der Waals surface area contributed by atoms with Crippen LogP contribution in [0.25, 0.3) is 0 Å². The van der Waals surface area contributed by atoms with Crippen molar-refractivity contribution in [2.75, 3.05) is 7.05 Å². The minimum Gasteiger partial charge on any atom is -0.312 e. The quantitative estimate of drug-likeness (QED) is 0.916. The number of pyridine rings is 1. The fraction of sp³-hybridized carbons (Fsp3) is 0.421. The highest BCUT2D eigenvalue weighted by Gasteiger charge is 2.29. The number of hydrogen-bond donors (Lipinski definition) is 1. The van der Waals surface area contributed by atoms with Gasteiger partial charge < -0.3 is 5.32 Å². The normalized spacial score (nSPS) is 19.1. The first-order valence-electron chi connectivity index (χ1n) is 7.89. The second kappa shape index (κ2) is 5.98. The summed E-state index contributed by atoms with van der Waals surface area (Å²) in [5, 5.41) is 3.55. The molecule has 0 bridgehead atoms. The number of benzene rings is 1. The number of hydrogen-bond acceptors (Lipinski definition) is 2. The fourth-order valence-electron chi connectivity index (χ4n) is 3.72. The summed E-state index contributed by atoms with van der Waals surface area (Å²) in [4.78, 5) is 4.70.